The SMILES string of the molecule is Cc1noc(C)c1-c1ccc2c(c1)C(N)(Cc1cccc(Cl)c1)N=C(N(C)CCN(C)C)N2. The second-order valence-electron chi connectivity index (χ2n) is 8.98. The summed E-state index contributed by atoms with van der Waals surface area (Å²) in [6.07, 6.45) is 0.512. The van der Waals surface area contributed by atoms with Gasteiger partial charge in [-0.2, -0.15) is 0 Å². The molecule has 33 heavy (non-hydrogen) atoms. The number of anilines is 1. The van der Waals surface area contributed by atoms with Crippen molar-refractivity contribution >= 4 is 23.2 Å². The van der Waals surface area contributed by atoms with Crippen LogP contribution >= 0.6 is 11.6 Å². The first kappa shape index (κ1) is 23.3. The number of aliphatic imine (C=N–C) groups is 1. The van der Waals surface area contributed by atoms with E-state index in [1.54, 1.807) is 0 Å². The molecule has 0 saturated carbocycles. The van der Waals surface area contributed by atoms with Crippen molar-refractivity contribution in [3.8, 4) is 11.1 Å². The third-order valence-corrected chi connectivity index (χ3v) is 6.20. The summed E-state index contributed by atoms with van der Waals surface area (Å²) in [6, 6.07) is 14.0. The molecule has 8 heteroatoms. The highest BCUT2D eigenvalue weighted by atomic mass is 35.5. The largest absolute Gasteiger partial charge is 0.361 e. The standard InChI is InChI=1S/C25H31ClN6O/c1-16-23(17(2)33-30-16)19-9-10-22-21(14-19)25(27,15-18-7-6-8-20(26)13-18)29-24(28-22)32(5)12-11-31(3)4/h6-10,13-14H,11-12,15,27H2,1-5H3,(H,28,29). The lowest BCUT2D eigenvalue weighted by Crippen LogP contribution is -2.47. The number of nitrogens with one attached hydrogen (secondary N) is 1. The van der Waals surface area contributed by atoms with Crippen molar-refractivity contribution in [1.29, 1.82) is 0 Å². The Kier molecular flexibility index (Phi) is 6.47. The van der Waals surface area contributed by atoms with Gasteiger partial charge in [-0.1, -0.05) is 35.0 Å². The van der Waals surface area contributed by atoms with Crippen molar-refractivity contribution < 1.29 is 4.52 Å². The van der Waals surface area contributed by atoms with Crippen LogP contribution < -0.4 is 11.1 Å². The van der Waals surface area contributed by atoms with Gasteiger partial charge < -0.3 is 25.4 Å². The summed E-state index contributed by atoms with van der Waals surface area (Å²) >= 11 is 6.27. The van der Waals surface area contributed by atoms with E-state index in [9.17, 15) is 0 Å². The van der Waals surface area contributed by atoms with Gasteiger partial charge in [0, 0.05) is 48.4 Å². The van der Waals surface area contributed by atoms with Crippen LogP contribution in [0.2, 0.25) is 5.02 Å². The van der Waals surface area contributed by atoms with Gasteiger partial charge in [0.15, 0.2) is 5.96 Å². The molecule has 3 aromatic rings. The molecular weight excluding hydrogens is 436 g/mol. The molecule has 1 atom stereocenters. The summed E-state index contributed by atoms with van der Waals surface area (Å²) in [5.74, 6) is 1.53. The van der Waals surface area contributed by atoms with E-state index in [0.29, 0.717) is 11.4 Å². The van der Waals surface area contributed by atoms with E-state index in [1.807, 2.05) is 45.2 Å². The van der Waals surface area contributed by atoms with Crippen LogP contribution in [0.5, 0.6) is 0 Å². The number of rotatable bonds is 6. The highest BCUT2D eigenvalue weighted by Gasteiger charge is 2.35. The zero-order valence-electron chi connectivity index (χ0n) is 19.8. The predicted molar refractivity (Wildman–Crippen MR) is 135 cm³/mol. The van der Waals surface area contributed by atoms with Crippen molar-refractivity contribution in [1.82, 2.24) is 15.0 Å². The second kappa shape index (κ2) is 9.17. The van der Waals surface area contributed by atoms with Gasteiger partial charge in [0.05, 0.1) is 5.69 Å². The Morgan fingerprint density at radius 1 is 1.09 bits per heavy atom. The molecule has 1 unspecified atom stereocenters. The summed E-state index contributed by atoms with van der Waals surface area (Å²) in [7, 11) is 6.14. The van der Waals surface area contributed by atoms with Gasteiger partial charge in [0.1, 0.15) is 11.4 Å². The lowest BCUT2D eigenvalue weighted by molar-refractivity contribution is 0.350. The van der Waals surface area contributed by atoms with E-state index in [0.717, 1.165) is 58.4 Å². The quantitative estimate of drug-likeness (QED) is 0.565. The van der Waals surface area contributed by atoms with Crippen LogP contribution in [0.4, 0.5) is 5.69 Å². The average molecular weight is 467 g/mol. The number of likely N-dealkylation sites (N-methyl/N-ethyl adjacent to an activating group) is 2. The van der Waals surface area contributed by atoms with Crippen LogP contribution in [0.15, 0.2) is 52.0 Å². The number of halogens is 1. The van der Waals surface area contributed by atoms with E-state index in [1.165, 1.54) is 0 Å². The van der Waals surface area contributed by atoms with Crippen molar-refractivity contribution in [3.63, 3.8) is 0 Å². The minimum absolute atomic E-state index is 0.512. The number of fused-ring (bicyclic) bond motifs is 1. The zero-order chi connectivity index (χ0) is 23.8. The molecule has 1 aromatic heterocycles. The Bertz CT molecular complexity index is 1170. The Morgan fingerprint density at radius 3 is 2.55 bits per heavy atom. The van der Waals surface area contributed by atoms with E-state index in [-0.39, 0.29) is 0 Å². The van der Waals surface area contributed by atoms with Crippen LogP contribution in [-0.4, -0.2) is 55.1 Å². The number of hydrogen-bond donors (Lipinski definition) is 2. The van der Waals surface area contributed by atoms with Gasteiger partial charge >= 0.3 is 0 Å². The minimum Gasteiger partial charge on any atom is -0.361 e. The Labute approximate surface area is 200 Å². The minimum atomic E-state index is -0.970. The monoisotopic (exact) mass is 466 g/mol. The zero-order valence-corrected chi connectivity index (χ0v) is 20.6. The predicted octanol–water partition coefficient (Wildman–Crippen LogP) is 4.24. The van der Waals surface area contributed by atoms with Crippen molar-refractivity contribution in [3.05, 3.63) is 70.1 Å². The van der Waals surface area contributed by atoms with Gasteiger partial charge in [0.25, 0.3) is 0 Å². The molecule has 0 radical (unpaired) electrons. The number of guanidine groups is 1. The maximum absolute atomic E-state index is 7.09. The topological polar surface area (TPSA) is 82.9 Å². The molecule has 1 aliphatic rings. The lowest BCUT2D eigenvalue weighted by atomic mass is 9.88. The van der Waals surface area contributed by atoms with Crippen LogP contribution in [0.1, 0.15) is 22.6 Å². The van der Waals surface area contributed by atoms with Gasteiger partial charge in [-0.15, -0.1) is 0 Å². The maximum Gasteiger partial charge on any atom is 0.200 e. The second-order valence-corrected chi connectivity index (χ2v) is 9.41. The third-order valence-electron chi connectivity index (χ3n) is 5.97. The van der Waals surface area contributed by atoms with Gasteiger partial charge in [-0.3, -0.25) is 0 Å². The van der Waals surface area contributed by atoms with Gasteiger partial charge in [-0.05, 0) is 63.3 Å². The lowest BCUT2D eigenvalue weighted by Gasteiger charge is -2.37. The molecule has 2 heterocycles. The Morgan fingerprint density at radius 2 is 1.88 bits per heavy atom. The molecular formula is C25H31ClN6O. The van der Waals surface area contributed by atoms with Crippen LogP contribution in [0.25, 0.3) is 11.1 Å². The first-order valence-corrected chi connectivity index (χ1v) is 11.4. The van der Waals surface area contributed by atoms with Gasteiger partial charge in [0.2, 0.25) is 0 Å². The molecule has 0 spiro atoms. The summed E-state index contributed by atoms with van der Waals surface area (Å²) in [6.45, 7) is 5.59. The summed E-state index contributed by atoms with van der Waals surface area (Å²) in [5, 5.41) is 8.28. The molecule has 174 valence electrons. The average Bonchev–Trinajstić information content (AvgIpc) is 3.09. The van der Waals surface area contributed by atoms with E-state index < -0.39 is 5.66 Å². The smallest absolute Gasteiger partial charge is 0.200 e. The molecule has 0 fully saturated rings. The van der Waals surface area contributed by atoms with Crippen molar-refractivity contribution in [2.24, 2.45) is 10.7 Å². The molecule has 4 rings (SSSR count). The van der Waals surface area contributed by atoms with Crippen molar-refractivity contribution in [2.75, 3.05) is 39.5 Å². The van der Waals surface area contributed by atoms with E-state index in [2.05, 4.69) is 52.6 Å². The molecule has 0 bridgehead atoms. The highest BCUT2D eigenvalue weighted by molar-refractivity contribution is 6.30. The molecule has 7 nitrogen and oxygen atoms in total. The third kappa shape index (κ3) is 4.90. The molecule has 3 N–H and O–H groups in total. The van der Waals surface area contributed by atoms with Gasteiger partial charge in [-0.25, -0.2) is 4.99 Å². The Hall–Kier alpha value is -2.87. The van der Waals surface area contributed by atoms with E-state index >= 15 is 0 Å². The van der Waals surface area contributed by atoms with Crippen LogP contribution in [0.3, 0.4) is 0 Å². The summed E-state index contributed by atoms with van der Waals surface area (Å²) in [4.78, 5) is 9.28. The van der Waals surface area contributed by atoms with Crippen molar-refractivity contribution in [2.45, 2.75) is 25.9 Å². The summed E-state index contributed by atoms with van der Waals surface area (Å²) < 4.78 is 5.40. The first-order chi connectivity index (χ1) is 15.7. The normalized spacial score (nSPS) is 17.5. The maximum atomic E-state index is 7.09. The number of nitrogens with zero attached hydrogens (tertiary/aromatic N) is 4. The number of nitrogens with two attached hydrogens (primary N) is 1. The number of hydrogen-bond acceptors (Lipinski definition) is 7. The highest BCUT2D eigenvalue weighted by Crippen LogP contribution is 2.39. The molecule has 2 aromatic carbocycles. The number of aromatic nitrogens is 1. The molecule has 0 aliphatic carbocycles. The molecule has 1 aliphatic heterocycles. The number of aryl methyl sites for hydroxylation is 2. The van der Waals surface area contributed by atoms with Crippen LogP contribution in [0, 0.1) is 13.8 Å². The summed E-state index contributed by atoms with van der Waals surface area (Å²) in [5.41, 5.74) is 11.9. The number of benzene rings is 2. The molecule has 0 amide bonds. The first-order valence-electron chi connectivity index (χ1n) is 11.0. The molecule has 0 saturated heterocycles. The fraction of sp³-hybridized carbons (Fsp3) is 0.360. The van der Waals surface area contributed by atoms with Crippen LogP contribution in [-0.2, 0) is 12.1 Å². The van der Waals surface area contributed by atoms with E-state index in [4.69, 9.17) is 26.9 Å². The Balaban J connectivity index is 1.78. The fourth-order valence-corrected chi connectivity index (χ4v) is 4.40. The fourth-order valence-electron chi connectivity index (χ4n) is 4.19.